The molecule has 0 spiro atoms. The first-order valence-corrected chi connectivity index (χ1v) is 44.5. The Kier molecular flexibility index (Phi) is 63.6. The first-order chi connectivity index (χ1) is 52.8. The van der Waals surface area contributed by atoms with E-state index in [2.05, 4.69) is 67.8 Å². The van der Waals surface area contributed by atoms with Crippen molar-refractivity contribution in [3.05, 3.63) is 60.8 Å². The van der Waals surface area contributed by atoms with Gasteiger partial charge in [-0.15, -0.1) is 0 Å². The van der Waals surface area contributed by atoms with Gasteiger partial charge in [-0.3, -0.25) is 4.79 Å². The number of hydrogen-bond donors (Lipinski definition) is 12. The first kappa shape index (κ1) is 99.7. The van der Waals surface area contributed by atoms with Gasteiger partial charge in [-0.05, 0) is 57.8 Å². The van der Waals surface area contributed by atoms with E-state index in [1.807, 2.05) is 6.08 Å². The molecule has 3 saturated heterocycles. The molecule has 0 radical (unpaired) electrons. The van der Waals surface area contributed by atoms with Crippen LogP contribution in [-0.4, -0.2) is 193 Å². The summed E-state index contributed by atoms with van der Waals surface area (Å²) in [5.41, 5.74) is 0. The van der Waals surface area contributed by atoms with E-state index in [-0.39, 0.29) is 18.9 Å². The molecule has 3 aliphatic heterocycles. The minimum Gasteiger partial charge on any atom is -0.394 e. The molecule has 19 nitrogen and oxygen atoms in total. The summed E-state index contributed by atoms with van der Waals surface area (Å²) < 4.78 is 34.5. The first-order valence-electron chi connectivity index (χ1n) is 44.5. The van der Waals surface area contributed by atoms with Crippen molar-refractivity contribution in [2.45, 2.75) is 471 Å². The quantitative estimate of drug-likeness (QED) is 0.0199. The number of aliphatic hydroxyl groups excluding tert-OH is 11. The molecular weight excluding hydrogens is 1370 g/mol. The molecule has 0 aromatic carbocycles. The third kappa shape index (κ3) is 47.4. The fourth-order valence-electron chi connectivity index (χ4n) is 15.0. The molecule has 3 aliphatic rings. The Morgan fingerprint density at radius 1 is 0.343 bits per heavy atom. The van der Waals surface area contributed by atoms with Crippen molar-refractivity contribution >= 4 is 5.91 Å². The number of unbranched alkanes of at least 4 members (excludes halogenated alkanes) is 48. The van der Waals surface area contributed by atoms with Crippen LogP contribution in [0.2, 0.25) is 0 Å². The third-order valence-electron chi connectivity index (χ3n) is 22.1. The lowest BCUT2D eigenvalue weighted by atomic mass is 9.96. The Bertz CT molecular complexity index is 2180. The molecule has 0 aromatic rings. The number of ether oxygens (including phenoxy) is 6. The normalized spacial score (nSPS) is 25.7. The molecule has 3 heterocycles. The van der Waals surface area contributed by atoms with Gasteiger partial charge in [0, 0.05) is 6.42 Å². The number of aliphatic hydroxyl groups is 11. The zero-order valence-electron chi connectivity index (χ0n) is 68.1. The average molecular weight is 1540 g/mol. The van der Waals surface area contributed by atoms with Gasteiger partial charge in [0.2, 0.25) is 5.91 Å². The number of rotatable bonds is 72. The van der Waals surface area contributed by atoms with Crippen LogP contribution in [0.1, 0.15) is 367 Å². The fourth-order valence-corrected chi connectivity index (χ4v) is 15.0. The third-order valence-corrected chi connectivity index (χ3v) is 22.1. The standard InChI is InChI=1S/C89H163NO18/c1-3-5-7-9-11-13-15-17-19-21-23-25-27-29-31-33-35-36-37-39-41-43-45-47-49-51-53-55-57-59-61-63-65-67-77(95)90-72(73(94)66-64-62-60-58-56-54-52-50-48-46-44-42-40-38-34-32-30-28-26-24-22-20-18-16-14-12-10-8-6-4-2)71-103-87-83(101)80(98)85(75(69-92)105-87)108-89-84(102)81(99)86(76(70-93)106-89)107-88-82(100)79(97)78(96)74(68-91)104-88/h5,7,11,13,17,19,23,25,64,66,72-76,78-89,91-94,96-102H,3-4,6,8-10,12,14-16,18,20-22,24,26-63,65,67-71H2,1-2H3,(H,90,95)/b7-5-,13-11-,19-17-,25-23-,66-64+. The van der Waals surface area contributed by atoms with Crippen LogP contribution in [0.5, 0.6) is 0 Å². The minimum absolute atomic E-state index is 0.245. The lowest BCUT2D eigenvalue weighted by Crippen LogP contribution is -2.66. The minimum atomic E-state index is -1.98. The van der Waals surface area contributed by atoms with Crippen molar-refractivity contribution in [3.63, 3.8) is 0 Å². The molecule has 17 unspecified atom stereocenters. The second-order valence-electron chi connectivity index (χ2n) is 31.7. The molecule has 0 saturated carbocycles. The van der Waals surface area contributed by atoms with Crippen molar-refractivity contribution < 1.29 is 89.4 Å². The van der Waals surface area contributed by atoms with E-state index >= 15 is 0 Å². The van der Waals surface area contributed by atoms with Gasteiger partial charge in [0.1, 0.15) is 73.2 Å². The molecule has 108 heavy (non-hydrogen) atoms. The van der Waals surface area contributed by atoms with Crippen LogP contribution in [0.15, 0.2) is 60.8 Å². The average Bonchev–Trinajstić information content (AvgIpc) is 0.779. The summed E-state index contributed by atoms with van der Waals surface area (Å²) in [5, 5.41) is 121. The molecule has 0 aliphatic carbocycles. The van der Waals surface area contributed by atoms with Crippen LogP contribution in [-0.2, 0) is 33.2 Å². The molecule has 0 aromatic heterocycles. The van der Waals surface area contributed by atoms with E-state index in [0.29, 0.717) is 6.42 Å². The molecular formula is C89H163NO18. The van der Waals surface area contributed by atoms with Crippen LogP contribution in [0, 0.1) is 0 Å². The number of allylic oxidation sites excluding steroid dienone is 9. The van der Waals surface area contributed by atoms with Gasteiger partial charge in [0.25, 0.3) is 0 Å². The Morgan fingerprint density at radius 3 is 1.00 bits per heavy atom. The van der Waals surface area contributed by atoms with Gasteiger partial charge in [0.15, 0.2) is 18.9 Å². The van der Waals surface area contributed by atoms with Gasteiger partial charge < -0.3 is 89.9 Å². The van der Waals surface area contributed by atoms with Crippen LogP contribution in [0.3, 0.4) is 0 Å². The summed E-state index contributed by atoms with van der Waals surface area (Å²) >= 11 is 0. The fraction of sp³-hybridized carbons (Fsp3) is 0.876. The highest BCUT2D eigenvalue weighted by Gasteiger charge is 2.54. The number of carbonyl (C=O) groups is 1. The monoisotopic (exact) mass is 1530 g/mol. The van der Waals surface area contributed by atoms with E-state index < -0.39 is 124 Å². The lowest BCUT2D eigenvalue weighted by Gasteiger charge is -2.48. The zero-order valence-corrected chi connectivity index (χ0v) is 68.1. The Hall–Kier alpha value is -2.51. The molecule has 3 fully saturated rings. The molecule has 632 valence electrons. The maximum atomic E-state index is 13.5. The largest absolute Gasteiger partial charge is 0.394 e. The molecule has 3 rings (SSSR count). The molecule has 17 atom stereocenters. The van der Waals surface area contributed by atoms with Crippen LogP contribution in [0.4, 0.5) is 0 Å². The predicted octanol–water partition coefficient (Wildman–Crippen LogP) is 16.6. The smallest absolute Gasteiger partial charge is 0.220 e. The molecule has 12 N–H and O–H groups in total. The van der Waals surface area contributed by atoms with Crippen LogP contribution < -0.4 is 5.32 Å². The SMILES string of the molecule is CC/C=C\C/C=C\C/C=C\C/C=C\CCCCCCCCCCCCCCCCCCCCCCC(=O)NC(COC1OC(CO)C(OC2OC(CO)C(OC3OC(CO)C(O)C(O)C3O)C(O)C2O)C(O)C1O)C(O)/C=C/CCCCCCCCCCCCCCCCCCCCCCCCCCCCCC. The summed E-state index contributed by atoms with van der Waals surface area (Å²) in [4.78, 5) is 13.5. The Labute approximate surface area is 656 Å². The van der Waals surface area contributed by atoms with Crippen molar-refractivity contribution in [1.82, 2.24) is 5.32 Å². The van der Waals surface area contributed by atoms with Gasteiger partial charge in [0.05, 0.1) is 38.6 Å². The number of hydrogen-bond acceptors (Lipinski definition) is 18. The zero-order chi connectivity index (χ0) is 78.1. The summed E-state index contributed by atoms with van der Waals surface area (Å²) in [5.74, 6) is -0.269. The molecule has 0 bridgehead atoms. The Balaban J connectivity index is 1.33. The van der Waals surface area contributed by atoms with Crippen LogP contribution in [0.25, 0.3) is 0 Å². The van der Waals surface area contributed by atoms with Gasteiger partial charge in [-0.25, -0.2) is 0 Å². The highest BCUT2D eigenvalue weighted by Crippen LogP contribution is 2.34. The van der Waals surface area contributed by atoms with E-state index in [0.717, 1.165) is 70.6 Å². The summed E-state index contributed by atoms with van der Waals surface area (Å²) in [6, 6.07) is -0.976. The van der Waals surface area contributed by atoms with Gasteiger partial charge >= 0.3 is 0 Å². The van der Waals surface area contributed by atoms with Gasteiger partial charge in [-0.1, -0.05) is 364 Å². The van der Waals surface area contributed by atoms with Crippen LogP contribution >= 0.6 is 0 Å². The van der Waals surface area contributed by atoms with E-state index in [1.54, 1.807) is 6.08 Å². The van der Waals surface area contributed by atoms with E-state index in [4.69, 9.17) is 28.4 Å². The predicted molar refractivity (Wildman–Crippen MR) is 434 cm³/mol. The summed E-state index contributed by atoms with van der Waals surface area (Å²) in [6.07, 6.45) is 63.7. The number of carbonyl (C=O) groups excluding carboxylic acids is 1. The van der Waals surface area contributed by atoms with Gasteiger partial charge in [-0.2, -0.15) is 0 Å². The summed E-state index contributed by atoms with van der Waals surface area (Å²) in [6.45, 7) is 1.68. The van der Waals surface area contributed by atoms with Crippen molar-refractivity contribution in [2.24, 2.45) is 0 Å². The highest BCUT2D eigenvalue weighted by molar-refractivity contribution is 5.76. The second-order valence-corrected chi connectivity index (χ2v) is 31.7. The lowest BCUT2D eigenvalue weighted by molar-refractivity contribution is -0.379. The maximum absolute atomic E-state index is 13.5. The number of nitrogens with one attached hydrogen (secondary N) is 1. The van der Waals surface area contributed by atoms with E-state index in [1.165, 1.54) is 270 Å². The number of amides is 1. The second kappa shape index (κ2) is 68.9. The molecule has 19 heteroatoms. The topological polar surface area (TPSA) is 307 Å². The molecule has 1 amide bonds. The summed E-state index contributed by atoms with van der Waals surface area (Å²) in [7, 11) is 0. The Morgan fingerprint density at radius 2 is 0.639 bits per heavy atom. The van der Waals surface area contributed by atoms with E-state index in [9.17, 15) is 61.0 Å². The van der Waals surface area contributed by atoms with Crippen molar-refractivity contribution in [1.29, 1.82) is 0 Å². The van der Waals surface area contributed by atoms with Crippen molar-refractivity contribution in [3.8, 4) is 0 Å². The van der Waals surface area contributed by atoms with Crippen molar-refractivity contribution in [2.75, 3.05) is 26.4 Å². The highest BCUT2D eigenvalue weighted by atomic mass is 16.8. The maximum Gasteiger partial charge on any atom is 0.220 e.